The number of benzene rings is 2. The van der Waals surface area contributed by atoms with Crippen molar-refractivity contribution in [3.05, 3.63) is 72.1 Å². The van der Waals surface area contributed by atoms with Crippen LogP contribution < -0.4 is 0 Å². The molecule has 4 aromatic rings. The number of amides is 1. The maximum Gasteiger partial charge on any atom is 0.254 e. The number of rotatable bonds is 4. The van der Waals surface area contributed by atoms with Gasteiger partial charge in [-0.2, -0.15) is 0 Å². The number of nitrogens with zero attached hydrogens (tertiary/aromatic N) is 3. The van der Waals surface area contributed by atoms with E-state index in [4.69, 9.17) is 9.15 Å². The lowest BCUT2D eigenvalue weighted by molar-refractivity contribution is -0.265. The molecule has 0 saturated carbocycles. The molecule has 6 rings (SSSR count). The number of aromatic nitrogens is 2. The highest BCUT2D eigenvalue weighted by molar-refractivity contribution is 5.96. The van der Waals surface area contributed by atoms with Crippen molar-refractivity contribution in [1.82, 2.24) is 14.9 Å². The molecule has 1 N–H and O–H groups in total. The van der Waals surface area contributed by atoms with Gasteiger partial charge in [-0.3, -0.25) is 4.79 Å². The largest absolute Gasteiger partial charge is 0.452 e. The standard InChI is InChI=1S/C27H25N3O4/c1-26(2,32)19-6-4-5-18(11-19)23-24-20(28-15-29-23)12-21(34-24)16-7-9-17(10-8-16)25(31)30-14-27(3)22(30)13-33-27/h4-12,15,22,32H,13-14H2,1-3H3/t22?,27-/m1/s1. The summed E-state index contributed by atoms with van der Waals surface area (Å²) in [5.74, 6) is 0.681. The van der Waals surface area contributed by atoms with Gasteiger partial charge in [-0.25, -0.2) is 9.97 Å². The van der Waals surface area contributed by atoms with Crippen molar-refractivity contribution >= 4 is 17.0 Å². The Kier molecular flexibility index (Phi) is 4.46. The van der Waals surface area contributed by atoms with Crippen LogP contribution in [0.25, 0.3) is 33.7 Å². The Hall–Kier alpha value is -3.55. The number of furan rings is 1. The maximum atomic E-state index is 12.9. The summed E-state index contributed by atoms with van der Waals surface area (Å²) in [5.41, 5.74) is 3.95. The van der Waals surface area contributed by atoms with Gasteiger partial charge in [-0.1, -0.05) is 30.3 Å². The zero-order chi connectivity index (χ0) is 23.7. The Bertz CT molecular complexity index is 1420. The van der Waals surface area contributed by atoms with Crippen LogP contribution in [0.2, 0.25) is 0 Å². The molecule has 0 radical (unpaired) electrons. The van der Waals surface area contributed by atoms with E-state index in [1.54, 1.807) is 13.8 Å². The minimum absolute atomic E-state index is 0.0294. The molecule has 0 aliphatic carbocycles. The van der Waals surface area contributed by atoms with Crippen LogP contribution in [-0.2, 0) is 10.3 Å². The number of aliphatic hydroxyl groups is 1. The number of hydrogen-bond donors (Lipinski definition) is 1. The first-order valence-electron chi connectivity index (χ1n) is 11.4. The number of hydrogen-bond acceptors (Lipinski definition) is 6. The summed E-state index contributed by atoms with van der Waals surface area (Å²) >= 11 is 0. The molecule has 2 aromatic carbocycles. The predicted octanol–water partition coefficient (Wildman–Crippen LogP) is 4.40. The van der Waals surface area contributed by atoms with E-state index in [0.29, 0.717) is 41.3 Å². The smallest absolute Gasteiger partial charge is 0.254 e. The molecule has 172 valence electrons. The van der Waals surface area contributed by atoms with Crippen LogP contribution in [-0.4, -0.2) is 50.7 Å². The van der Waals surface area contributed by atoms with Crippen LogP contribution in [0.3, 0.4) is 0 Å². The van der Waals surface area contributed by atoms with Crippen molar-refractivity contribution in [3.63, 3.8) is 0 Å². The Morgan fingerprint density at radius 3 is 2.56 bits per heavy atom. The SMILES string of the molecule is CC(C)(O)c1cccc(-c2ncnc3cc(-c4ccc(C(=O)N5C[C@@]6(C)OCC56)cc4)oc23)c1. The summed E-state index contributed by atoms with van der Waals surface area (Å²) in [6, 6.07) is 17.1. The van der Waals surface area contributed by atoms with Gasteiger partial charge in [0, 0.05) is 22.8 Å². The van der Waals surface area contributed by atoms with Crippen molar-refractivity contribution in [2.45, 2.75) is 38.0 Å². The Morgan fingerprint density at radius 2 is 1.91 bits per heavy atom. The summed E-state index contributed by atoms with van der Waals surface area (Å²) in [7, 11) is 0. The second-order valence-electron chi connectivity index (χ2n) is 9.84. The van der Waals surface area contributed by atoms with Crippen LogP contribution >= 0.6 is 0 Å². The number of morpholine rings is 1. The van der Waals surface area contributed by atoms with E-state index in [9.17, 15) is 9.90 Å². The molecule has 2 saturated heterocycles. The van der Waals surface area contributed by atoms with Crippen molar-refractivity contribution in [1.29, 1.82) is 0 Å². The highest BCUT2D eigenvalue weighted by atomic mass is 16.5. The van der Waals surface area contributed by atoms with Gasteiger partial charge < -0.3 is 19.2 Å². The second-order valence-corrected chi connectivity index (χ2v) is 9.84. The van der Waals surface area contributed by atoms with Gasteiger partial charge in [0.2, 0.25) is 0 Å². The molecule has 7 nitrogen and oxygen atoms in total. The van der Waals surface area contributed by atoms with Crippen LogP contribution in [0.1, 0.15) is 36.7 Å². The molecule has 34 heavy (non-hydrogen) atoms. The average Bonchev–Trinajstić information content (AvgIpc) is 3.27. The van der Waals surface area contributed by atoms with E-state index in [2.05, 4.69) is 9.97 Å². The Balaban J connectivity index is 1.30. The second kappa shape index (κ2) is 7.22. The van der Waals surface area contributed by atoms with Gasteiger partial charge in [0.25, 0.3) is 5.91 Å². The average molecular weight is 456 g/mol. The lowest BCUT2D eigenvalue weighted by atomic mass is 9.80. The molecule has 7 heteroatoms. The third kappa shape index (κ3) is 3.23. The zero-order valence-corrected chi connectivity index (χ0v) is 19.3. The lowest BCUT2D eigenvalue weighted by Crippen LogP contribution is -2.79. The molecule has 2 aliphatic rings. The minimum atomic E-state index is -0.962. The van der Waals surface area contributed by atoms with Crippen molar-refractivity contribution in [2.75, 3.05) is 13.2 Å². The fraction of sp³-hybridized carbons (Fsp3) is 0.296. The molecule has 2 aliphatic heterocycles. The number of ether oxygens (including phenoxy) is 1. The molecule has 1 amide bonds. The Morgan fingerprint density at radius 1 is 1.12 bits per heavy atom. The molecule has 2 atom stereocenters. The molecule has 2 fully saturated rings. The van der Waals surface area contributed by atoms with Gasteiger partial charge in [0.1, 0.15) is 28.9 Å². The molecular weight excluding hydrogens is 430 g/mol. The van der Waals surface area contributed by atoms with E-state index in [0.717, 1.165) is 16.7 Å². The summed E-state index contributed by atoms with van der Waals surface area (Å²) in [4.78, 5) is 23.6. The van der Waals surface area contributed by atoms with Crippen molar-refractivity contribution in [2.24, 2.45) is 0 Å². The molecule has 2 aromatic heterocycles. The summed E-state index contributed by atoms with van der Waals surface area (Å²) in [6.45, 7) is 6.80. The number of carbonyl (C=O) groups is 1. The topological polar surface area (TPSA) is 88.7 Å². The monoisotopic (exact) mass is 455 g/mol. The van der Waals surface area contributed by atoms with E-state index in [1.165, 1.54) is 6.33 Å². The maximum absolute atomic E-state index is 12.9. The third-order valence-corrected chi connectivity index (χ3v) is 6.97. The minimum Gasteiger partial charge on any atom is -0.452 e. The fourth-order valence-corrected chi connectivity index (χ4v) is 4.75. The predicted molar refractivity (Wildman–Crippen MR) is 127 cm³/mol. The van der Waals surface area contributed by atoms with E-state index in [1.807, 2.05) is 66.4 Å². The van der Waals surface area contributed by atoms with Crippen LogP contribution in [0.4, 0.5) is 0 Å². The van der Waals surface area contributed by atoms with Crippen LogP contribution in [0.5, 0.6) is 0 Å². The van der Waals surface area contributed by atoms with Crippen molar-refractivity contribution < 1.29 is 19.1 Å². The van der Waals surface area contributed by atoms with E-state index in [-0.39, 0.29) is 17.6 Å². The van der Waals surface area contributed by atoms with Crippen molar-refractivity contribution in [3.8, 4) is 22.6 Å². The summed E-state index contributed by atoms with van der Waals surface area (Å²) < 4.78 is 11.8. The lowest BCUT2D eigenvalue weighted by Gasteiger charge is -2.62. The molecular formula is C27H25N3O4. The van der Waals surface area contributed by atoms with E-state index < -0.39 is 5.60 Å². The highest BCUT2D eigenvalue weighted by Gasteiger charge is 2.59. The fourth-order valence-electron chi connectivity index (χ4n) is 4.75. The van der Waals surface area contributed by atoms with Gasteiger partial charge >= 0.3 is 0 Å². The number of likely N-dealkylation sites (tertiary alicyclic amines) is 1. The highest BCUT2D eigenvalue weighted by Crippen LogP contribution is 2.42. The first kappa shape index (κ1) is 21.0. The first-order valence-corrected chi connectivity index (χ1v) is 11.4. The molecule has 1 unspecified atom stereocenters. The number of carbonyl (C=O) groups excluding carboxylic acids is 1. The zero-order valence-electron chi connectivity index (χ0n) is 19.3. The normalized spacial score (nSPS) is 21.6. The quantitative estimate of drug-likeness (QED) is 0.491. The number of fused-ring (bicyclic) bond motifs is 2. The molecule has 4 heterocycles. The Labute approximate surface area is 197 Å². The summed E-state index contributed by atoms with van der Waals surface area (Å²) in [6.07, 6.45) is 1.51. The first-order chi connectivity index (χ1) is 16.2. The van der Waals surface area contributed by atoms with Gasteiger partial charge in [0.15, 0.2) is 5.58 Å². The van der Waals surface area contributed by atoms with Crippen LogP contribution in [0.15, 0.2) is 65.3 Å². The summed E-state index contributed by atoms with van der Waals surface area (Å²) in [5, 5.41) is 10.4. The molecule has 0 spiro atoms. The van der Waals surface area contributed by atoms with Gasteiger partial charge in [0.05, 0.1) is 24.8 Å². The van der Waals surface area contributed by atoms with Gasteiger partial charge in [-0.15, -0.1) is 0 Å². The van der Waals surface area contributed by atoms with Crippen LogP contribution in [0, 0.1) is 0 Å². The van der Waals surface area contributed by atoms with E-state index >= 15 is 0 Å². The molecule has 0 bridgehead atoms. The third-order valence-electron chi connectivity index (χ3n) is 6.97. The van der Waals surface area contributed by atoms with Gasteiger partial charge in [-0.05, 0) is 44.5 Å².